The second-order valence-corrected chi connectivity index (χ2v) is 34.6. The molecule has 624 valence electrons. The van der Waals surface area contributed by atoms with Gasteiger partial charge < -0.3 is 33.8 Å². The predicted molar refractivity (Wildman–Crippen MR) is 432 cm³/mol. The molecule has 19 heteroatoms. The van der Waals surface area contributed by atoms with E-state index in [0.717, 1.165) is 108 Å². The molecule has 0 rings (SSSR count). The fraction of sp³-hybridized carbons (Fsp3) is 0.953. The molecule has 0 saturated carbocycles. The Kier molecular flexibility index (Phi) is 76.0. The second kappa shape index (κ2) is 77.4. The maximum atomic E-state index is 13.1. The predicted octanol–water partition coefficient (Wildman–Crippen LogP) is 26.2. The van der Waals surface area contributed by atoms with E-state index in [9.17, 15) is 43.2 Å². The van der Waals surface area contributed by atoms with Gasteiger partial charge in [-0.15, -0.1) is 0 Å². The van der Waals surface area contributed by atoms with Gasteiger partial charge in [0.25, 0.3) is 0 Å². The van der Waals surface area contributed by atoms with Gasteiger partial charge in [0.2, 0.25) is 0 Å². The minimum Gasteiger partial charge on any atom is -0.462 e. The molecular weight excluding hydrogens is 1370 g/mol. The number of carbonyl (C=O) groups excluding carboxylic acids is 4. The normalized spacial score (nSPS) is 14.1. The molecule has 0 aliphatic rings. The number of esters is 4. The number of aliphatic hydroxyl groups excluding tert-OH is 1. The van der Waals surface area contributed by atoms with Crippen molar-refractivity contribution in [2.75, 3.05) is 39.6 Å². The van der Waals surface area contributed by atoms with Gasteiger partial charge in [0, 0.05) is 25.7 Å². The molecule has 0 aliphatic carbocycles. The Morgan fingerprint density at radius 1 is 0.276 bits per heavy atom. The topological polar surface area (TPSA) is 237 Å². The quantitative estimate of drug-likeness (QED) is 0.0222. The van der Waals surface area contributed by atoms with E-state index in [2.05, 4.69) is 41.5 Å². The summed E-state index contributed by atoms with van der Waals surface area (Å²) in [7, 11) is -9.93. The first kappa shape index (κ1) is 103. The standard InChI is InChI=1S/C86H168O17P2/c1-7-10-12-14-16-18-20-22-24-26-30-34-37-41-45-49-56-62-68-83(88)96-74-81(102-85(90)70-65-59-51-47-43-39-35-31-28-27-29-32-36-40-44-48-54-60-66-78(4)5)76-100-104(92,93)98-72-80(87)73-99-105(94,95)101-77-82(75-97-84(89)69-63-57-53-52-55-61-67-79(6)9-3)103-86(91)71-64-58-50-46-42-38-33-25-23-21-19-17-15-13-11-8-2/h78-82,87H,7-77H2,1-6H3,(H,92,93)(H,94,95)/t79?,80-,81-,82-/m1/s1. The third-order valence-corrected chi connectivity index (χ3v) is 22.5. The van der Waals surface area contributed by atoms with Crippen molar-refractivity contribution in [1.82, 2.24) is 0 Å². The Bertz CT molecular complexity index is 2010. The molecule has 0 bridgehead atoms. The number of ether oxygens (including phenoxy) is 4. The highest BCUT2D eigenvalue weighted by Crippen LogP contribution is 2.45. The third kappa shape index (κ3) is 78.5. The zero-order chi connectivity index (χ0) is 77.1. The van der Waals surface area contributed by atoms with Crippen molar-refractivity contribution in [2.45, 2.75) is 477 Å². The van der Waals surface area contributed by atoms with Crippen LogP contribution in [0.5, 0.6) is 0 Å². The zero-order valence-corrected chi connectivity index (χ0v) is 70.8. The third-order valence-electron chi connectivity index (χ3n) is 20.6. The van der Waals surface area contributed by atoms with Crippen LogP contribution in [0.3, 0.4) is 0 Å². The van der Waals surface area contributed by atoms with E-state index in [-0.39, 0.29) is 25.7 Å². The van der Waals surface area contributed by atoms with Crippen molar-refractivity contribution in [3.63, 3.8) is 0 Å². The summed E-state index contributed by atoms with van der Waals surface area (Å²) in [5, 5.41) is 10.7. The minimum absolute atomic E-state index is 0.108. The van der Waals surface area contributed by atoms with Crippen LogP contribution in [0.15, 0.2) is 0 Å². The molecule has 0 heterocycles. The van der Waals surface area contributed by atoms with Crippen molar-refractivity contribution in [3.05, 3.63) is 0 Å². The monoisotopic (exact) mass is 1540 g/mol. The van der Waals surface area contributed by atoms with E-state index in [1.165, 1.54) is 270 Å². The summed E-state index contributed by atoms with van der Waals surface area (Å²) in [4.78, 5) is 73.2. The van der Waals surface area contributed by atoms with Crippen LogP contribution in [0.25, 0.3) is 0 Å². The lowest BCUT2D eigenvalue weighted by Gasteiger charge is -2.21. The average molecular weight is 1540 g/mol. The van der Waals surface area contributed by atoms with E-state index >= 15 is 0 Å². The average Bonchev–Trinajstić information content (AvgIpc) is 1.04. The molecule has 0 radical (unpaired) electrons. The van der Waals surface area contributed by atoms with Crippen LogP contribution in [0.2, 0.25) is 0 Å². The molecule has 0 aliphatic heterocycles. The Labute approximate surface area is 645 Å². The lowest BCUT2D eigenvalue weighted by Crippen LogP contribution is -2.30. The van der Waals surface area contributed by atoms with Crippen molar-refractivity contribution < 1.29 is 80.2 Å². The molecule has 0 spiro atoms. The van der Waals surface area contributed by atoms with Gasteiger partial charge in [0.1, 0.15) is 19.3 Å². The summed E-state index contributed by atoms with van der Waals surface area (Å²) in [5.41, 5.74) is 0. The second-order valence-electron chi connectivity index (χ2n) is 31.6. The van der Waals surface area contributed by atoms with Gasteiger partial charge >= 0.3 is 39.5 Å². The molecule has 0 aromatic rings. The van der Waals surface area contributed by atoms with Crippen molar-refractivity contribution in [3.8, 4) is 0 Å². The van der Waals surface area contributed by atoms with Gasteiger partial charge in [0.15, 0.2) is 12.2 Å². The van der Waals surface area contributed by atoms with Crippen molar-refractivity contribution in [1.29, 1.82) is 0 Å². The summed E-state index contributed by atoms with van der Waals surface area (Å²) < 4.78 is 68.9. The first-order valence-corrected chi connectivity index (χ1v) is 47.5. The Morgan fingerprint density at radius 3 is 0.724 bits per heavy atom. The molecule has 0 aromatic carbocycles. The number of unbranched alkanes of at least 4 members (excludes halogenated alkanes) is 54. The van der Waals surface area contributed by atoms with E-state index in [1.807, 2.05) is 0 Å². The Morgan fingerprint density at radius 2 is 0.486 bits per heavy atom. The molecule has 3 N–H and O–H groups in total. The van der Waals surface area contributed by atoms with Crippen LogP contribution in [0.1, 0.15) is 459 Å². The number of phosphoric acid groups is 2. The summed E-state index contributed by atoms with van der Waals surface area (Å²) in [5.74, 6) is -0.551. The molecule has 0 amide bonds. The molecule has 6 atom stereocenters. The number of carbonyl (C=O) groups is 4. The Balaban J connectivity index is 5.23. The highest BCUT2D eigenvalue weighted by Gasteiger charge is 2.30. The molecule has 0 aromatic heterocycles. The first-order valence-electron chi connectivity index (χ1n) is 44.5. The lowest BCUT2D eigenvalue weighted by molar-refractivity contribution is -0.161. The summed E-state index contributed by atoms with van der Waals surface area (Å²) in [6.07, 6.45) is 69.5. The largest absolute Gasteiger partial charge is 0.472 e. The fourth-order valence-corrected chi connectivity index (χ4v) is 15.0. The minimum atomic E-state index is -4.97. The van der Waals surface area contributed by atoms with Gasteiger partial charge in [-0.1, -0.05) is 408 Å². The van der Waals surface area contributed by atoms with Gasteiger partial charge in [-0.2, -0.15) is 0 Å². The van der Waals surface area contributed by atoms with Gasteiger partial charge in [-0.3, -0.25) is 37.3 Å². The number of hydrogen-bond acceptors (Lipinski definition) is 15. The zero-order valence-electron chi connectivity index (χ0n) is 69.0. The van der Waals surface area contributed by atoms with Crippen LogP contribution in [-0.4, -0.2) is 96.7 Å². The van der Waals surface area contributed by atoms with Gasteiger partial charge in [0.05, 0.1) is 26.4 Å². The highest BCUT2D eigenvalue weighted by molar-refractivity contribution is 7.47. The van der Waals surface area contributed by atoms with Gasteiger partial charge in [-0.05, 0) is 37.5 Å². The molecule has 3 unspecified atom stereocenters. The number of phosphoric ester groups is 2. The summed E-state index contributed by atoms with van der Waals surface area (Å²) >= 11 is 0. The van der Waals surface area contributed by atoms with Gasteiger partial charge in [-0.25, -0.2) is 9.13 Å². The maximum Gasteiger partial charge on any atom is 0.472 e. The van der Waals surface area contributed by atoms with E-state index < -0.39 is 97.5 Å². The number of aliphatic hydroxyl groups is 1. The van der Waals surface area contributed by atoms with Crippen LogP contribution in [-0.2, 0) is 65.4 Å². The molecule has 17 nitrogen and oxygen atoms in total. The van der Waals surface area contributed by atoms with Crippen molar-refractivity contribution in [2.24, 2.45) is 11.8 Å². The van der Waals surface area contributed by atoms with Crippen LogP contribution in [0, 0.1) is 11.8 Å². The molecule has 105 heavy (non-hydrogen) atoms. The Hall–Kier alpha value is -1.94. The summed E-state index contributed by atoms with van der Waals surface area (Å²) in [6, 6.07) is 0. The molecular formula is C86H168O17P2. The van der Waals surface area contributed by atoms with Crippen LogP contribution in [0.4, 0.5) is 0 Å². The number of hydrogen-bond donors (Lipinski definition) is 3. The smallest absolute Gasteiger partial charge is 0.462 e. The fourth-order valence-electron chi connectivity index (χ4n) is 13.4. The van der Waals surface area contributed by atoms with E-state index in [1.54, 1.807) is 0 Å². The van der Waals surface area contributed by atoms with Crippen LogP contribution >= 0.6 is 15.6 Å². The SMILES string of the molecule is CCCCCCCCCCCCCCCCCCCCC(=O)OC[C@H](COP(=O)(O)OC[C@@H](O)COP(=O)(O)OC[C@@H](COC(=O)CCCCCCCCC(C)CC)OC(=O)CCCCCCCCCCCCCCCCCC)OC(=O)CCCCCCCCCCCCCCCCCCCCC(C)C. The number of rotatable bonds is 85. The van der Waals surface area contributed by atoms with Crippen molar-refractivity contribution >= 4 is 39.5 Å². The highest BCUT2D eigenvalue weighted by atomic mass is 31.2. The maximum absolute atomic E-state index is 13.1. The first-order chi connectivity index (χ1) is 50.9. The van der Waals surface area contributed by atoms with Crippen LogP contribution < -0.4 is 0 Å². The lowest BCUT2D eigenvalue weighted by atomic mass is 10.00. The summed E-state index contributed by atoms with van der Waals surface area (Å²) in [6.45, 7) is 9.67. The van der Waals surface area contributed by atoms with E-state index in [4.69, 9.17) is 37.0 Å². The van der Waals surface area contributed by atoms with E-state index in [0.29, 0.717) is 25.7 Å². The molecule has 0 saturated heterocycles. The molecule has 0 fully saturated rings.